The summed E-state index contributed by atoms with van der Waals surface area (Å²) in [5.74, 6) is -0.0690. The van der Waals surface area contributed by atoms with Gasteiger partial charge in [0.05, 0.1) is 12.1 Å². The number of rotatable bonds is 6. The van der Waals surface area contributed by atoms with Gasteiger partial charge in [0.25, 0.3) is 0 Å². The Morgan fingerprint density at radius 2 is 2.20 bits per heavy atom. The minimum Gasteiger partial charge on any atom is -0.494 e. The van der Waals surface area contributed by atoms with Gasteiger partial charge in [-0.15, -0.1) is 11.3 Å². The highest BCUT2D eigenvalue weighted by molar-refractivity contribution is 7.10. The summed E-state index contributed by atoms with van der Waals surface area (Å²) in [6.07, 6.45) is 0.689. The minimum atomic E-state index is -0.336. The lowest BCUT2D eigenvalue weighted by atomic mass is 10.0. The van der Waals surface area contributed by atoms with Gasteiger partial charge in [0.1, 0.15) is 0 Å². The molecule has 1 N–H and O–H groups in total. The van der Waals surface area contributed by atoms with Gasteiger partial charge in [0, 0.05) is 10.9 Å². The van der Waals surface area contributed by atoms with Crippen molar-refractivity contribution in [2.45, 2.75) is 19.4 Å². The normalized spacial score (nSPS) is 12.4. The Kier molecular flexibility index (Phi) is 5.40. The standard InChI is InChI=1S/C15H17ClFNOS/c1-3-18-13(15-11(16)6-7-20-15)9-10-4-5-14(19-2)12(17)8-10/h4-8,13,18H,3,9H2,1-2H3. The van der Waals surface area contributed by atoms with Gasteiger partial charge in [-0.3, -0.25) is 0 Å². The maximum atomic E-state index is 13.7. The summed E-state index contributed by atoms with van der Waals surface area (Å²) in [5, 5.41) is 6.12. The van der Waals surface area contributed by atoms with Crippen LogP contribution in [0.5, 0.6) is 5.75 Å². The summed E-state index contributed by atoms with van der Waals surface area (Å²) in [6.45, 7) is 2.88. The van der Waals surface area contributed by atoms with E-state index in [4.69, 9.17) is 16.3 Å². The van der Waals surface area contributed by atoms with Crippen LogP contribution in [0, 0.1) is 5.82 Å². The Morgan fingerprint density at radius 1 is 1.40 bits per heavy atom. The zero-order chi connectivity index (χ0) is 14.5. The van der Waals surface area contributed by atoms with Crippen molar-refractivity contribution in [3.8, 4) is 5.75 Å². The molecule has 1 atom stereocenters. The first-order valence-corrected chi connectivity index (χ1v) is 7.70. The predicted molar refractivity (Wildman–Crippen MR) is 82.4 cm³/mol. The highest BCUT2D eigenvalue weighted by Crippen LogP contribution is 2.31. The molecule has 1 heterocycles. The SMILES string of the molecule is CCNC(Cc1ccc(OC)c(F)c1)c1sccc1Cl. The maximum Gasteiger partial charge on any atom is 0.165 e. The van der Waals surface area contributed by atoms with E-state index in [1.807, 2.05) is 24.4 Å². The van der Waals surface area contributed by atoms with E-state index in [2.05, 4.69) is 5.32 Å². The van der Waals surface area contributed by atoms with Crippen molar-refractivity contribution in [2.24, 2.45) is 0 Å². The van der Waals surface area contributed by atoms with Crippen LogP contribution in [0.1, 0.15) is 23.4 Å². The van der Waals surface area contributed by atoms with E-state index in [-0.39, 0.29) is 17.6 Å². The van der Waals surface area contributed by atoms with E-state index >= 15 is 0 Å². The molecular formula is C15H17ClFNOS. The first-order chi connectivity index (χ1) is 9.65. The Morgan fingerprint density at radius 3 is 2.75 bits per heavy atom. The van der Waals surface area contributed by atoms with Gasteiger partial charge in [-0.05, 0) is 42.1 Å². The largest absolute Gasteiger partial charge is 0.494 e. The van der Waals surface area contributed by atoms with Gasteiger partial charge < -0.3 is 10.1 Å². The lowest BCUT2D eigenvalue weighted by Gasteiger charge is -2.17. The van der Waals surface area contributed by atoms with E-state index < -0.39 is 0 Å². The summed E-state index contributed by atoms with van der Waals surface area (Å²) in [7, 11) is 1.46. The molecule has 1 aromatic carbocycles. The average molecular weight is 314 g/mol. The van der Waals surface area contributed by atoms with E-state index in [9.17, 15) is 4.39 Å². The van der Waals surface area contributed by atoms with Crippen molar-refractivity contribution < 1.29 is 9.13 Å². The third-order valence-corrected chi connectivity index (χ3v) is 4.54. The van der Waals surface area contributed by atoms with Gasteiger partial charge >= 0.3 is 0 Å². The molecule has 108 valence electrons. The fourth-order valence-electron chi connectivity index (χ4n) is 2.13. The van der Waals surface area contributed by atoms with Gasteiger partial charge in [-0.25, -0.2) is 4.39 Å². The van der Waals surface area contributed by atoms with E-state index in [1.54, 1.807) is 17.4 Å². The van der Waals surface area contributed by atoms with Crippen molar-refractivity contribution in [1.82, 2.24) is 5.32 Å². The highest BCUT2D eigenvalue weighted by atomic mass is 35.5. The van der Waals surface area contributed by atoms with Crippen molar-refractivity contribution in [2.75, 3.05) is 13.7 Å². The highest BCUT2D eigenvalue weighted by Gasteiger charge is 2.16. The molecule has 1 aromatic heterocycles. The first kappa shape index (κ1) is 15.3. The summed E-state index contributed by atoms with van der Waals surface area (Å²) < 4.78 is 18.7. The van der Waals surface area contributed by atoms with Crippen LogP contribution in [-0.2, 0) is 6.42 Å². The Balaban J connectivity index is 2.20. The van der Waals surface area contributed by atoms with Crippen LogP contribution in [0.3, 0.4) is 0 Å². The number of benzene rings is 1. The molecule has 0 aliphatic carbocycles. The lowest BCUT2D eigenvalue weighted by molar-refractivity contribution is 0.386. The number of methoxy groups -OCH3 is 1. The molecule has 0 saturated carbocycles. The number of likely N-dealkylation sites (N-methyl/N-ethyl adjacent to an activating group) is 1. The molecule has 0 bridgehead atoms. The fraction of sp³-hybridized carbons (Fsp3) is 0.333. The topological polar surface area (TPSA) is 21.3 Å². The molecule has 0 fully saturated rings. The van der Waals surface area contributed by atoms with Crippen LogP contribution in [-0.4, -0.2) is 13.7 Å². The predicted octanol–water partition coefficient (Wildman–Crippen LogP) is 4.44. The molecule has 2 rings (SSSR count). The second kappa shape index (κ2) is 7.07. The van der Waals surface area contributed by atoms with E-state index in [0.717, 1.165) is 22.0 Å². The molecular weight excluding hydrogens is 297 g/mol. The smallest absolute Gasteiger partial charge is 0.165 e. The van der Waals surface area contributed by atoms with Crippen LogP contribution < -0.4 is 10.1 Å². The van der Waals surface area contributed by atoms with Crippen LogP contribution in [0.15, 0.2) is 29.6 Å². The number of hydrogen-bond donors (Lipinski definition) is 1. The van der Waals surface area contributed by atoms with Crippen molar-refractivity contribution in [3.63, 3.8) is 0 Å². The van der Waals surface area contributed by atoms with Crippen LogP contribution in [0.25, 0.3) is 0 Å². The fourth-order valence-corrected chi connectivity index (χ4v) is 3.40. The number of thiophene rings is 1. The van der Waals surface area contributed by atoms with Crippen molar-refractivity contribution in [1.29, 1.82) is 0 Å². The molecule has 0 aliphatic rings. The van der Waals surface area contributed by atoms with Crippen LogP contribution in [0.2, 0.25) is 5.02 Å². The van der Waals surface area contributed by atoms with E-state index in [1.165, 1.54) is 13.2 Å². The van der Waals surface area contributed by atoms with Gasteiger partial charge in [0.2, 0.25) is 0 Å². The second-order valence-corrected chi connectivity index (χ2v) is 5.77. The molecule has 0 spiro atoms. The van der Waals surface area contributed by atoms with E-state index in [0.29, 0.717) is 6.42 Å². The molecule has 20 heavy (non-hydrogen) atoms. The third-order valence-electron chi connectivity index (χ3n) is 3.07. The molecule has 0 saturated heterocycles. The van der Waals surface area contributed by atoms with Gasteiger partial charge in [-0.2, -0.15) is 0 Å². The average Bonchev–Trinajstić information content (AvgIpc) is 2.85. The molecule has 0 aliphatic heterocycles. The Labute approximate surface area is 127 Å². The minimum absolute atomic E-state index is 0.0975. The molecule has 0 radical (unpaired) electrons. The zero-order valence-corrected chi connectivity index (χ0v) is 13.0. The zero-order valence-electron chi connectivity index (χ0n) is 11.5. The Hall–Kier alpha value is -1.10. The number of halogens is 2. The van der Waals surface area contributed by atoms with Crippen LogP contribution >= 0.6 is 22.9 Å². The summed E-state index contributed by atoms with van der Waals surface area (Å²) in [6, 6.07) is 7.04. The molecule has 0 amide bonds. The van der Waals surface area contributed by atoms with Gasteiger partial charge in [-0.1, -0.05) is 24.6 Å². The second-order valence-electron chi connectivity index (χ2n) is 4.42. The summed E-state index contributed by atoms with van der Waals surface area (Å²) in [4.78, 5) is 1.09. The molecule has 2 aromatic rings. The number of ether oxygens (including phenoxy) is 1. The first-order valence-electron chi connectivity index (χ1n) is 6.44. The maximum absolute atomic E-state index is 13.7. The third kappa shape index (κ3) is 3.51. The Bertz CT molecular complexity index is 573. The summed E-state index contributed by atoms with van der Waals surface area (Å²) >= 11 is 7.81. The number of nitrogens with one attached hydrogen (secondary N) is 1. The van der Waals surface area contributed by atoms with Crippen molar-refractivity contribution >= 4 is 22.9 Å². The lowest BCUT2D eigenvalue weighted by Crippen LogP contribution is -2.22. The van der Waals surface area contributed by atoms with Gasteiger partial charge in [0.15, 0.2) is 11.6 Å². The quantitative estimate of drug-likeness (QED) is 0.851. The molecule has 2 nitrogen and oxygen atoms in total. The monoisotopic (exact) mass is 313 g/mol. The van der Waals surface area contributed by atoms with Crippen LogP contribution in [0.4, 0.5) is 4.39 Å². The van der Waals surface area contributed by atoms with Crippen molar-refractivity contribution in [3.05, 3.63) is 50.9 Å². The number of hydrogen-bond acceptors (Lipinski definition) is 3. The summed E-state index contributed by atoms with van der Waals surface area (Å²) in [5.41, 5.74) is 0.915. The molecule has 5 heteroatoms. The molecule has 1 unspecified atom stereocenters.